The van der Waals surface area contributed by atoms with E-state index in [1.807, 2.05) is 0 Å². The fraction of sp³-hybridized carbons (Fsp3) is 0.414. The molecule has 3 N–H and O–H groups in total. The lowest BCUT2D eigenvalue weighted by Gasteiger charge is -2.27. The van der Waals surface area contributed by atoms with Crippen LogP contribution in [0.4, 0.5) is 17.6 Å². The van der Waals surface area contributed by atoms with Crippen LogP contribution in [0.25, 0.3) is 11.3 Å². The molecule has 1 fully saturated rings. The number of halogens is 4. The van der Waals surface area contributed by atoms with Crippen LogP contribution in [0.3, 0.4) is 0 Å². The molecule has 3 heterocycles. The molecule has 2 aliphatic rings. The number of pyridine rings is 2. The van der Waals surface area contributed by atoms with Crippen molar-refractivity contribution in [2.45, 2.75) is 44.1 Å². The van der Waals surface area contributed by atoms with Crippen molar-refractivity contribution in [1.82, 2.24) is 20.6 Å². The number of carbonyl (C=O) groups excluding carboxylic acids is 1. The van der Waals surface area contributed by atoms with Crippen molar-refractivity contribution in [3.63, 3.8) is 0 Å². The molecule has 3 aromatic rings. The monoisotopic (exact) mass is 574 g/mol. The number of carbonyl (C=O) groups is 1. The Morgan fingerprint density at radius 2 is 1.93 bits per heavy atom. The topological polar surface area (TPSA) is 106 Å². The van der Waals surface area contributed by atoms with Gasteiger partial charge in [-0.2, -0.15) is 0 Å². The van der Waals surface area contributed by atoms with Crippen molar-refractivity contribution >= 4 is 5.91 Å². The molecule has 8 nitrogen and oxygen atoms in total. The summed E-state index contributed by atoms with van der Waals surface area (Å²) in [6.07, 6.45) is -1.52. The molecule has 12 heteroatoms. The normalized spacial score (nSPS) is 19.7. The predicted octanol–water partition coefficient (Wildman–Crippen LogP) is 4.47. The van der Waals surface area contributed by atoms with Gasteiger partial charge in [-0.3, -0.25) is 4.79 Å². The van der Waals surface area contributed by atoms with Gasteiger partial charge in [0.15, 0.2) is 0 Å². The fourth-order valence-corrected chi connectivity index (χ4v) is 4.71. The van der Waals surface area contributed by atoms with Gasteiger partial charge in [0.1, 0.15) is 22.9 Å². The average molecular weight is 575 g/mol. The molecular formula is C29H30F4N4O4. The Morgan fingerprint density at radius 3 is 2.61 bits per heavy atom. The van der Waals surface area contributed by atoms with Crippen molar-refractivity contribution in [3.8, 4) is 22.9 Å². The number of nitrogens with zero attached hydrogens (tertiary/aromatic N) is 2. The first-order valence-electron chi connectivity index (χ1n) is 13.2. The number of fused-ring (bicyclic) bond motifs is 1. The molecule has 1 amide bonds. The number of rotatable bonds is 10. The van der Waals surface area contributed by atoms with Crippen LogP contribution in [0.1, 0.15) is 48.3 Å². The van der Waals surface area contributed by atoms with E-state index < -0.39 is 35.0 Å². The molecule has 1 aliphatic heterocycles. The SMILES string of the molecule is C[C@]1(CNCC2CC2)COc2c1cc([C@@](C)(O)CNC(=O)c1ccnc(OC(F)(F)F)c1)nc2-c1ccc(F)cc1. The zero-order valence-electron chi connectivity index (χ0n) is 22.5. The molecule has 0 saturated heterocycles. The van der Waals surface area contributed by atoms with Gasteiger partial charge in [-0.25, -0.2) is 14.4 Å². The lowest BCUT2D eigenvalue weighted by molar-refractivity contribution is -0.276. The van der Waals surface area contributed by atoms with Crippen molar-refractivity contribution in [3.05, 3.63) is 71.3 Å². The fourth-order valence-electron chi connectivity index (χ4n) is 4.71. The Hall–Kier alpha value is -3.77. The van der Waals surface area contributed by atoms with Gasteiger partial charge in [-0.15, -0.1) is 13.2 Å². The van der Waals surface area contributed by atoms with Crippen molar-refractivity contribution < 1.29 is 36.9 Å². The lowest BCUT2D eigenvalue weighted by Crippen LogP contribution is -2.40. The molecule has 2 aromatic heterocycles. The highest BCUT2D eigenvalue weighted by molar-refractivity contribution is 5.94. The van der Waals surface area contributed by atoms with Crippen LogP contribution in [0, 0.1) is 11.7 Å². The second-order valence-corrected chi connectivity index (χ2v) is 11.1. The summed E-state index contributed by atoms with van der Waals surface area (Å²) in [5.74, 6) is -0.701. The Kier molecular flexibility index (Phi) is 7.64. The van der Waals surface area contributed by atoms with Gasteiger partial charge in [0.25, 0.3) is 5.91 Å². The largest absolute Gasteiger partial charge is 0.574 e. The van der Waals surface area contributed by atoms with E-state index in [-0.39, 0.29) is 17.8 Å². The summed E-state index contributed by atoms with van der Waals surface area (Å²) in [7, 11) is 0. The Bertz CT molecular complexity index is 1430. The number of aliphatic hydroxyl groups is 1. The quantitative estimate of drug-likeness (QED) is 0.307. The minimum absolute atomic E-state index is 0.133. The summed E-state index contributed by atoms with van der Waals surface area (Å²) in [4.78, 5) is 20.9. The summed E-state index contributed by atoms with van der Waals surface area (Å²) < 4.78 is 61.3. The van der Waals surface area contributed by atoms with E-state index in [9.17, 15) is 27.5 Å². The van der Waals surface area contributed by atoms with Crippen LogP contribution >= 0.6 is 0 Å². The van der Waals surface area contributed by atoms with Crippen LogP contribution in [-0.4, -0.2) is 53.6 Å². The minimum Gasteiger partial charge on any atom is -0.490 e. The lowest BCUT2D eigenvalue weighted by atomic mass is 9.82. The standard InChI is InChI=1S/C29H30F4N4O4/c1-27(14-34-13-17-3-4-17)16-40-25-21(27)12-22(37-24(25)18-5-7-20(30)8-6-18)28(2,39)15-36-26(38)19-9-10-35-23(11-19)41-29(31,32)33/h5-12,17,34,39H,3-4,13-16H2,1-2H3,(H,36,38)/t27-,28-/m0/s1. The molecule has 0 unspecified atom stereocenters. The maximum Gasteiger partial charge on any atom is 0.574 e. The van der Waals surface area contributed by atoms with Gasteiger partial charge in [0, 0.05) is 40.9 Å². The first-order chi connectivity index (χ1) is 19.3. The molecule has 0 radical (unpaired) electrons. The number of amides is 1. The van der Waals surface area contributed by atoms with E-state index >= 15 is 0 Å². The molecular weight excluding hydrogens is 544 g/mol. The molecule has 0 spiro atoms. The highest BCUT2D eigenvalue weighted by Crippen LogP contribution is 2.45. The molecule has 1 saturated carbocycles. The molecule has 218 valence electrons. The smallest absolute Gasteiger partial charge is 0.490 e. The van der Waals surface area contributed by atoms with Gasteiger partial charge in [-0.1, -0.05) is 6.92 Å². The number of benzene rings is 1. The highest BCUT2D eigenvalue weighted by atomic mass is 19.4. The zero-order chi connectivity index (χ0) is 29.4. The Morgan fingerprint density at radius 1 is 1.20 bits per heavy atom. The number of nitrogens with one attached hydrogen (secondary N) is 2. The maximum absolute atomic E-state index is 13.7. The average Bonchev–Trinajstić information content (AvgIpc) is 3.68. The van der Waals surface area contributed by atoms with E-state index in [4.69, 9.17) is 4.74 Å². The maximum atomic E-state index is 13.7. The van der Waals surface area contributed by atoms with Crippen LogP contribution < -0.4 is 20.1 Å². The minimum atomic E-state index is -4.96. The molecule has 1 aromatic carbocycles. The van der Waals surface area contributed by atoms with Crippen molar-refractivity contribution in [2.24, 2.45) is 5.92 Å². The van der Waals surface area contributed by atoms with E-state index in [2.05, 4.69) is 32.3 Å². The molecule has 1 aliphatic carbocycles. The molecule has 0 bridgehead atoms. The molecule has 2 atom stereocenters. The van der Waals surface area contributed by atoms with Crippen molar-refractivity contribution in [2.75, 3.05) is 26.2 Å². The van der Waals surface area contributed by atoms with Crippen LogP contribution in [0.2, 0.25) is 0 Å². The first kappa shape index (κ1) is 28.7. The molecule has 41 heavy (non-hydrogen) atoms. The zero-order valence-corrected chi connectivity index (χ0v) is 22.5. The number of alkyl halides is 3. The van der Waals surface area contributed by atoms with E-state index in [1.54, 1.807) is 18.2 Å². The van der Waals surface area contributed by atoms with Crippen LogP contribution in [0.5, 0.6) is 11.6 Å². The van der Waals surface area contributed by atoms with Gasteiger partial charge >= 0.3 is 6.36 Å². The molecule has 5 rings (SSSR count). The predicted molar refractivity (Wildman–Crippen MR) is 141 cm³/mol. The number of hydrogen-bond donors (Lipinski definition) is 3. The Balaban J connectivity index is 1.41. The van der Waals surface area contributed by atoms with Gasteiger partial charge in [-0.05, 0) is 68.6 Å². The summed E-state index contributed by atoms with van der Waals surface area (Å²) in [5.41, 5.74) is -0.186. The summed E-state index contributed by atoms with van der Waals surface area (Å²) in [6.45, 7) is 5.13. The van der Waals surface area contributed by atoms with Gasteiger partial charge in [0.2, 0.25) is 5.88 Å². The summed E-state index contributed by atoms with van der Waals surface area (Å²) in [5, 5.41) is 17.6. The number of hydrogen-bond acceptors (Lipinski definition) is 7. The summed E-state index contributed by atoms with van der Waals surface area (Å²) in [6, 6.07) is 9.61. The Labute approximate surface area is 234 Å². The second kappa shape index (κ2) is 10.9. The van der Waals surface area contributed by atoms with E-state index in [1.165, 1.54) is 38.0 Å². The van der Waals surface area contributed by atoms with Gasteiger partial charge in [0.05, 0.1) is 18.8 Å². The number of ether oxygens (including phenoxy) is 2. The highest BCUT2D eigenvalue weighted by Gasteiger charge is 2.41. The second-order valence-electron chi connectivity index (χ2n) is 11.1. The van der Waals surface area contributed by atoms with Crippen LogP contribution in [-0.2, 0) is 11.0 Å². The van der Waals surface area contributed by atoms with E-state index in [0.29, 0.717) is 36.1 Å². The van der Waals surface area contributed by atoms with Gasteiger partial charge < -0.3 is 25.2 Å². The first-order valence-corrected chi connectivity index (χ1v) is 13.2. The van der Waals surface area contributed by atoms with Crippen LogP contribution in [0.15, 0.2) is 48.7 Å². The van der Waals surface area contributed by atoms with Crippen molar-refractivity contribution in [1.29, 1.82) is 0 Å². The third-order valence-corrected chi connectivity index (χ3v) is 7.28. The third kappa shape index (κ3) is 6.76. The van der Waals surface area contributed by atoms with E-state index in [0.717, 1.165) is 24.4 Å². The third-order valence-electron chi connectivity index (χ3n) is 7.28. The summed E-state index contributed by atoms with van der Waals surface area (Å²) >= 11 is 0. The number of aromatic nitrogens is 2.